The fraction of sp³-hybridized carbons (Fsp3) is 0.846. The third-order valence-electron chi connectivity index (χ3n) is 4.93. The number of hydrogen-bond acceptors (Lipinski definition) is 2. The first-order valence-electron chi connectivity index (χ1n) is 6.16. The number of fused-ring (bicyclic) bond motifs is 2. The van der Waals surface area contributed by atoms with Crippen molar-refractivity contribution in [2.45, 2.75) is 39.0 Å². The largest absolute Gasteiger partial charge is 0.304 e. The van der Waals surface area contributed by atoms with Gasteiger partial charge in [-0.15, -0.1) is 11.8 Å². The van der Waals surface area contributed by atoms with Crippen molar-refractivity contribution < 1.29 is 0 Å². The minimum absolute atomic E-state index is 0.532. The van der Waals surface area contributed by atoms with Crippen LogP contribution in [0, 0.1) is 17.3 Å². The molecule has 1 saturated heterocycles. The van der Waals surface area contributed by atoms with Crippen molar-refractivity contribution in [1.82, 2.24) is 5.32 Å². The maximum Gasteiger partial charge on any atom is 0.0599 e. The molecular weight excluding hydrogens is 202 g/mol. The molecular formula is C13H21NS. The summed E-state index contributed by atoms with van der Waals surface area (Å²) >= 11 is 2.13. The molecule has 3 aliphatic carbocycles. The highest BCUT2D eigenvalue weighted by atomic mass is 32.2. The molecule has 1 aliphatic heterocycles. The standard InChI is InChI=1S/C13H21NS/c1-8-10(12-14-4-5-15-12)6-9-7-11(8)13(9,2)3/h9-10,12,14H,4-7H2,1-3H3. The van der Waals surface area contributed by atoms with E-state index in [1.54, 1.807) is 11.1 Å². The van der Waals surface area contributed by atoms with Crippen molar-refractivity contribution in [1.29, 1.82) is 0 Å². The second-order valence-corrected chi connectivity index (χ2v) is 7.12. The molecule has 1 saturated carbocycles. The van der Waals surface area contributed by atoms with Crippen LogP contribution in [-0.2, 0) is 0 Å². The highest BCUT2D eigenvalue weighted by Gasteiger charge is 2.50. The Bertz CT molecular complexity index is 312. The van der Waals surface area contributed by atoms with Gasteiger partial charge in [-0.3, -0.25) is 0 Å². The molecule has 2 heteroatoms. The van der Waals surface area contributed by atoms with Crippen molar-refractivity contribution >= 4 is 11.8 Å². The summed E-state index contributed by atoms with van der Waals surface area (Å²) in [5, 5.41) is 4.38. The molecule has 4 aliphatic rings. The lowest BCUT2D eigenvalue weighted by molar-refractivity contribution is 0.106. The van der Waals surface area contributed by atoms with E-state index in [2.05, 4.69) is 37.8 Å². The van der Waals surface area contributed by atoms with E-state index in [0.29, 0.717) is 5.41 Å². The van der Waals surface area contributed by atoms with Crippen LogP contribution in [0.4, 0.5) is 0 Å². The van der Waals surface area contributed by atoms with Crippen LogP contribution in [0.5, 0.6) is 0 Å². The van der Waals surface area contributed by atoms with Gasteiger partial charge in [0, 0.05) is 18.2 Å². The Balaban J connectivity index is 1.87. The third-order valence-corrected chi connectivity index (χ3v) is 6.22. The van der Waals surface area contributed by atoms with Crippen molar-refractivity contribution in [3.8, 4) is 0 Å². The predicted molar refractivity (Wildman–Crippen MR) is 66.9 cm³/mol. The summed E-state index contributed by atoms with van der Waals surface area (Å²) in [7, 11) is 0. The van der Waals surface area contributed by atoms with Crippen LogP contribution in [0.1, 0.15) is 33.6 Å². The topological polar surface area (TPSA) is 12.0 Å². The quantitative estimate of drug-likeness (QED) is 0.686. The van der Waals surface area contributed by atoms with Crippen LogP contribution in [0.15, 0.2) is 11.1 Å². The van der Waals surface area contributed by atoms with Gasteiger partial charge in [0.1, 0.15) is 0 Å². The zero-order valence-corrected chi connectivity index (χ0v) is 10.8. The van der Waals surface area contributed by atoms with Gasteiger partial charge < -0.3 is 5.32 Å². The lowest BCUT2D eigenvalue weighted by Gasteiger charge is -2.55. The third kappa shape index (κ3) is 1.34. The second kappa shape index (κ2) is 3.27. The normalized spacial score (nSPS) is 43.0. The van der Waals surface area contributed by atoms with Crippen molar-refractivity contribution in [3.05, 3.63) is 11.1 Å². The zero-order valence-electron chi connectivity index (χ0n) is 9.97. The van der Waals surface area contributed by atoms with Gasteiger partial charge in [0.25, 0.3) is 0 Å². The molecule has 15 heavy (non-hydrogen) atoms. The van der Waals surface area contributed by atoms with Gasteiger partial charge in [0.2, 0.25) is 0 Å². The lowest BCUT2D eigenvalue weighted by Crippen LogP contribution is -2.47. The first-order chi connectivity index (χ1) is 7.10. The minimum Gasteiger partial charge on any atom is -0.304 e. The molecule has 1 nitrogen and oxygen atoms in total. The minimum atomic E-state index is 0.532. The van der Waals surface area contributed by atoms with Gasteiger partial charge in [-0.1, -0.05) is 25.0 Å². The zero-order chi connectivity index (χ0) is 10.6. The smallest absolute Gasteiger partial charge is 0.0599 e. The Morgan fingerprint density at radius 2 is 2.20 bits per heavy atom. The molecule has 84 valence electrons. The number of allylic oxidation sites excluding steroid dienone is 1. The summed E-state index contributed by atoms with van der Waals surface area (Å²) in [5.74, 6) is 3.10. The van der Waals surface area contributed by atoms with E-state index < -0.39 is 0 Å². The lowest BCUT2D eigenvalue weighted by atomic mass is 9.50. The molecule has 1 N–H and O–H groups in total. The monoisotopic (exact) mass is 223 g/mol. The molecule has 0 aromatic carbocycles. The SMILES string of the molecule is CC1=C2CC(CC1C1NCCS1)C2(C)C. The molecule has 0 spiro atoms. The van der Waals surface area contributed by atoms with Crippen LogP contribution in [0.25, 0.3) is 0 Å². The van der Waals surface area contributed by atoms with Crippen molar-refractivity contribution in [2.24, 2.45) is 17.3 Å². The maximum atomic E-state index is 3.65. The highest BCUT2D eigenvalue weighted by molar-refractivity contribution is 8.00. The molecule has 2 fully saturated rings. The molecule has 0 amide bonds. The Hall–Kier alpha value is 0.0500. The van der Waals surface area contributed by atoms with Crippen LogP contribution >= 0.6 is 11.8 Å². The van der Waals surface area contributed by atoms with Crippen LogP contribution < -0.4 is 5.32 Å². The summed E-state index contributed by atoms with van der Waals surface area (Å²) < 4.78 is 0. The molecule has 3 unspecified atom stereocenters. The first-order valence-corrected chi connectivity index (χ1v) is 7.20. The summed E-state index contributed by atoms with van der Waals surface area (Å²) in [6.07, 6.45) is 2.82. The van der Waals surface area contributed by atoms with E-state index >= 15 is 0 Å². The number of rotatable bonds is 1. The van der Waals surface area contributed by atoms with Gasteiger partial charge >= 0.3 is 0 Å². The molecule has 4 rings (SSSR count). The molecule has 0 radical (unpaired) electrons. The van der Waals surface area contributed by atoms with Gasteiger partial charge in [-0.2, -0.15) is 0 Å². The molecule has 1 heterocycles. The van der Waals surface area contributed by atoms with E-state index in [4.69, 9.17) is 0 Å². The van der Waals surface area contributed by atoms with E-state index in [0.717, 1.165) is 17.2 Å². The van der Waals surface area contributed by atoms with E-state index in [-0.39, 0.29) is 0 Å². The number of thioether (sulfide) groups is 1. The highest BCUT2D eigenvalue weighted by Crippen LogP contribution is 2.60. The Kier molecular flexibility index (Phi) is 2.23. The van der Waals surface area contributed by atoms with Crippen LogP contribution in [-0.4, -0.2) is 17.7 Å². The fourth-order valence-electron chi connectivity index (χ4n) is 3.69. The van der Waals surface area contributed by atoms with Crippen LogP contribution in [0.2, 0.25) is 0 Å². The molecule has 2 bridgehead atoms. The van der Waals surface area contributed by atoms with E-state index in [1.165, 1.54) is 25.1 Å². The maximum absolute atomic E-state index is 3.65. The average Bonchev–Trinajstić information content (AvgIpc) is 2.70. The number of hydrogen-bond donors (Lipinski definition) is 1. The second-order valence-electron chi connectivity index (χ2n) is 5.87. The fourth-order valence-corrected chi connectivity index (χ4v) is 4.96. The van der Waals surface area contributed by atoms with Crippen molar-refractivity contribution in [2.75, 3.05) is 12.3 Å². The van der Waals surface area contributed by atoms with E-state index in [9.17, 15) is 0 Å². The first kappa shape index (κ1) is 10.2. The average molecular weight is 223 g/mol. The molecule has 0 aromatic heterocycles. The van der Waals surface area contributed by atoms with Gasteiger partial charge in [-0.05, 0) is 31.1 Å². The van der Waals surface area contributed by atoms with Gasteiger partial charge in [0.05, 0.1) is 5.37 Å². The molecule has 0 aromatic rings. The summed E-state index contributed by atoms with van der Waals surface area (Å²) in [5.41, 5.74) is 4.02. The van der Waals surface area contributed by atoms with Crippen molar-refractivity contribution in [3.63, 3.8) is 0 Å². The Morgan fingerprint density at radius 1 is 1.40 bits per heavy atom. The van der Waals surface area contributed by atoms with Gasteiger partial charge in [-0.25, -0.2) is 0 Å². The van der Waals surface area contributed by atoms with E-state index in [1.807, 2.05) is 0 Å². The Labute approximate surface area is 97.1 Å². The van der Waals surface area contributed by atoms with Crippen LogP contribution in [0.3, 0.4) is 0 Å². The number of nitrogens with one attached hydrogen (secondary N) is 1. The summed E-state index contributed by atoms with van der Waals surface area (Å²) in [6.45, 7) is 8.47. The Morgan fingerprint density at radius 3 is 2.73 bits per heavy atom. The molecule has 3 atom stereocenters. The summed E-state index contributed by atoms with van der Waals surface area (Å²) in [4.78, 5) is 0. The van der Waals surface area contributed by atoms with Gasteiger partial charge in [0.15, 0.2) is 0 Å². The summed E-state index contributed by atoms with van der Waals surface area (Å²) in [6, 6.07) is 0. The predicted octanol–water partition coefficient (Wildman–Crippen LogP) is 3.03.